The predicted octanol–water partition coefficient (Wildman–Crippen LogP) is 3.67. The van der Waals surface area contributed by atoms with Gasteiger partial charge in [-0.1, -0.05) is 33.6 Å². The Kier molecular flexibility index (Phi) is 5.70. The number of nitrogens with one attached hydrogen (secondary N) is 1. The maximum Gasteiger partial charge on any atom is 0.0207 e. The molecule has 19 heavy (non-hydrogen) atoms. The first-order valence-electron chi connectivity index (χ1n) is 8.59. The molecule has 0 aromatic carbocycles. The molecule has 0 radical (unpaired) electrons. The van der Waals surface area contributed by atoms with Crippen LogP contribution < -0.4 is 5.32 Å². The zero-order valence-corrected chi connectivity index (χ0v) is 13.4. The van der Waals surface area contributed by atoms with Crippen LogP contribution in [0.2, 0.25) is 0 Å². The summed E-state index contributed by atoms with van der Waals surface area (Å²) in [5.41, 5.74) is 0.661. The molecule has 2 rings (SSSR count). The Balaban J connectivity index is 1.82. The van der Waals surface area contributed by atoms with Gasteiger partial charge in [-0.3, -0.25) is 0 Å². The first-order chi connectivity index (χ1) is 9.13. The van der Waals surface area contributed by atoms with E-state index >= 15 is 0 Å². The Morgan fingerprint density at radius 2 is 2.00 bits per heavy atom. The number of nitrogens with zero attached hydrogens (tertiary/aromatic N) is 1. The fourth-order valence-corrected chi connectivity index (χ4v) is 4.38. The van der Waals surface area contributed by atoms with Crippen molar-refractivity contribution in [3.63, 3.8) is 0 Å². The second kappa shape index (κ2) is 7.08. The van der Waals surface area contributed by atoms with E-state index in [2.05, 4.69) is 31.0 Å². The van der Waals surface area contributed by atoms with E-state index < -0.39 is 0 Å². The van der Waals surface area contributed by atoms with Gasteiger partial charge in [0.2, 0.25) is 0 Å². The van der Waals surface area contributed by atoms with Gasteiger partial charge in [0.05, 0.1) is 0 Å². The second-order valence-electron chi connectivity index (χ2n) is 7.48. The van der Waals surface area contributed by atoms with Gasteiger partial charge < -0.3 is 10.2 Å². The number of hydrogen-bond donors (Lipinski definition) is 1. The van der Waals surface area contributed by atoms with Crippen molar-refractivity contribution in [3.8, 4) is 0 Å². The Labute approximate surface area is 120 Å². The highest BCUT2D eigenvalue weighted by Gasteiger charge is 2.37. The fourth-order valence-electron chi connectivity index (χ4n) is 4.38. The van der Waals surface area contributed by atoms with Crippen LogP contribution in [0, 0.1) is 11.3 Å². The van der Waals surface area contributed by atoms with Crippen molar-refractivity contribution in [1.29, 1.82) is 0 Å². The van der Waals surface area contributed by atoms with Gasteiger partial charge in [-0.2, -0.15) is 0 Å². The van der Waals surface area contributed by atoms with Gasteiger partial charge in [0, 0.05) is 19.1 Å². The average Bonchev–Trinajstić information content (AvgIpc) is 2.96. The molecule has 1 atom stereocenters. The summed E-state index contributed by atoms with van der Waals surface area (Å²) in [7, 11) is 0. The first-order valence-corrected chi connectivity index (χ1v) is 8.59. The zero-order chi connectivity index (χ0) is 13.7. The first kappa shape index (κ1) is 15.3. The molecule has 1 N–H and O–H groups in total. The minimum absolute atomic E-state index is 0.661. The van der Waals surface area contributed by atoms with Crippen LogP contribution in [-0.2, 0) is 0 Å². The number of hydrogen-bond acceptors (Lipinski definition) is 2. The smallest absolute Gasteiger partial charge is 0.0207 e. The predicted molar refractivity (Wildman–Crippen MR) is 83.5 cm³/mol. The van der Waals surface area contributed by atoms with Gasteiger partial charge in [-0.05, 0) is 56.5 Å². The van der Waals surface area contributed by atoms with Crippen molar-refractivity contribution in [2.24, 2.45) is 11.3 Å². The van der Waals surface area contributed by atoms with E-state index in [4.69, 9.17) is 0 Å². The summed E-state index contributed by atoms with van der Waals surface area (Å²) in [5, 5.41) is 3.70. The molecule has 2 aliphatic rings. The topological polar surface area (TPSA) is 15.3 Å². The number of likely N-dealkylation sites (tertiary alicyclic amines) is 1. The maximum absolute atomic E-state index is 3.70. The van der Waals surface area contributed by atoms with Crippen LogP contribution in [0.25, 0.3) is 0 Å². The molecule has 2 fully saturated rings. The molecule has 0 amide bonds. The quantitative estimate of drug-likeness (QED) is 0.756. The van der Waals surface area contributed by atoms with E-state index in [1.807, 2.05) is 0 Å². The summed E-state index contributed by atoms with van der Waals surface area (Å²) >= 11 is 0. The van der Waals surface area contributed by atoms with Gasteiger partial charge in [0.1, 0.15) is 0 Å². The van der Waals surface area contributed by atoms with Crippen LogP contribution in [0.4, 0.5) is 0 Å². The lowest BCUT2D eigenvalue weighted by atomic mass is 9.78. The third-order valence-corrected chi connectivity index (χ3v) is 5.02. The van der Waals surface area contributed by atoms with Crippen LogP contribution in [0.3, 0.4) is 0 Å². The van der Waals surface area contributed by atoms with Gasteiger partial charge in [-0.25, -0.2) is 0 Å². The van der Waals surface area contributed by atoms with Crippen LogP contribution in [-0.4, -0.2) is 37.1 Å². The average molecular weight is 266 g/mol. The van der Waals surface area contributed by atoms with Crippen molar-refractivity contribution in [1.82, 2.24) is 10.2 Å². The van der Waals surface area contributed by atoms with Crippen molar-refractivity contribution >= 4 is 0 Å². The molecule has 0 aromatic rings. The summed E-state index contributed by atoms with van der Waals surface area (Å²) in [6, 6.07) is 0.762. The minimum Gasteiger partial charge on any atom is -0.313 e. The molecule has 0 aromatic heterocycles. The molecule has 0 bridgehead atoms. The van der Waals surface area contributed by atoms with E-state index in [1.165, 1.54) is 71.1 Å². The summed E-state index contributed by atoms with van der Waals surface area (Å²) in [6.45, 7) is 12.2. The molecule has 0 spiro atoms. The SMILES string of the molecule is CCCNC1CCN(CC2(CC(C)C)CCCC2)C1. The molecular formula is C17H34N2. The lowest BCUT2D eigenvalue weighted by molar-refractivity contribution is 0.145. The molecule has 1 saturated carbocycles. The Hall–Kier alpha value is -0.0800. The van der Waals surface area contributed by atoms with Gasteiger partial charge in [-0.15, -0.1) is 0 Å². The van der Waals surface area contributed by atoms with Gasteiger partial charge >= 0.3 is 0 Å². The highest BCUT2D eigenvalue weighted by atomic mass is 15.2. The van der Waals surface area contributed by atoms with Crippen LogP contribution >= 0.6 is 0 Å². The van der Waals surface area contributed by atoms with E-state index in [1.54, 1.807) is 0 Å². The molecule has 1 unspecified atom stereocenters. The molecule has 112 valence electrons. The largest absolute Gasteiger partial charge is 0.313 e. The Morgan fingerprint density at radius 3 is 2.63 bits per heavy atom. The van der Waals surface area contributed by atoms with Gasteiger partial charge in [0.15, 0.2) is 0 Å². The van der Waals surface area contributed by atoms with Crippen LogP contribution in [0.1, 0.15) is 65.7 Å². The van der Waals surface area contributed by atoms with E-state index in [0.29, 0.717) is 5.41 Å². The van der Waals surface area contributed by atoms with E-state index in [9.17, 15) is 0 Å². The Bertz CT molecular complexity index is 256. The van der Waals surface area contributed by atoms with Crippen LogP contribution in [0.15, 0.2) is 0 Å². The summed E-state index contributed by atoms with van der Waals surface area (Å²) < 4.78 is 0. The molecule has 1 saturated heterocycles. The second-order valence-corrected chi connectivity index (χ2v) is 7.48. The highest BCUT2D eigenvalue weighted by Crippen LogP contribution is 2.44. The van der Waals surface area contributed by atoms with E-state index in [-0.39, 0.29) is 0 Å². The van der Waals surface area contributed by atoms with Crippen molar-refractivity contribution in [3.05, 3.63) is 0 Å². The molecular weight excluding hydrogens is 232 g/mol. The summed E-state index contributed by atoms with van der Waals surface area (Å²) in [6.07, 6.45) is 9.96. The minimum atomic E-state index is 0.661. The highest BCUT2D eigenvalue weighted by molar-refractivity contribution is 4.91. The lowest BCUT2D eigenvalue weighted by Crippen LogP contribution is -2.38. The third kappa shape index (κ3) is 4.46. The summed E-state index contributed by atoms with van der Waals surface area (Å²) in [5.74, 6) is 0.856. The maximum atomic E-state index is 3.70. The third-order valence-electron chi connectivity index (χ3n) is 5.02. The Morgan fingerprint density at radius 1 is 1.26 bits per heavy atom. The number of rotatable bonds is 7. The molecule has 1 aliphatic carbocycles. The van der Waals surface area contributed by atoms with Crippen molar-refractivity contribution in [2.75, 3.05) is 26.2 Å². The monoisotopic (exact) mass is 266 g/mol. The molecule has 2 heteroatoms. The standard InChI is InChI=1S/C17H34N2/c1-4-10-18-16-7-11-19(13-16)14-17(12-15(2)3)8-5-6-9-17/h15-16,18H,4-14H2,1-3H3. The summed E-state index contributed by atoms with van der Waals surface area (Å²) in [4.78, 5) is 2.75. The van der Waals surface area contributed by atoms with E-state index in [0.717, 1.165) is 12.0 Å². The molecule has 2 nitrogen and oxygen atoms in total. The molecule has 1 aliphatic heterocycles. The van der Waals surface area contributed by atoms with Gasteiger partial charge in [0.25, 0.3) is 0 Å². The van der Waals surface area contributed by atoms with Crippen molar-refractivity contribution < 1.29 is 0 Å². The van der Waals surface area contributed by atoms with Crippen molar-refractivity contribution in [2.45, 2.75) is 71.8 Å². The fraction of sp³-hybridized carbons (Fsp3) is 1.00. The zero-order valence-electron chi connectivity index (χ0n) is 13.4. The normalized spacial score (nSPS) is 27.5. The van der Waals surface area contributed by atoms with Crippen LogP contribution in [0.5, 0.6) is 0 Å². The molecule has 1 heterocycles. The lowest BCUT2D eigenvalue weighted by Gasteiger charge is -2.35.